The zero-order valence-electron chi connectivity index (χ0n) is 12.3. The highest BCUT2D eigenvalue weighted by Gasteiger charge is 2.18. The molecule has 0 spiro atoms. The summed E-state index contributed by atoms with van der Waals surface area (Å²) in [6, 6.07) is 4.43. The van der Waals surface area contributed by atoms with Crippen LogP contribution >= 0.6 is 15.9 Å². The van der Waals surface area contributed by atoms with Gasteiger partial charge in [0.15, 0.2) is 4.67 Å². The van der Waals surface area contributed by atoms with E-state index in [9.17, 15) is 0 Å². The Bertz CT molecular complexity index is 547. The molecule has 110 valence electrons. The fourth-order valence-corrected chi connectivity index (χ4v) is 2.93. The molecule has 0 saturated carbocycles. The van der Waals surface area contributed by atoms with E-state index >= 15 is 0 Å². The zero-order chi connectivity index (χ0) is 14.5. The second-order valence-corrected chi connectivity index (χ2v) is 5.67. The molecule has 0 saturated heterocycles. The summed E-state index contributed by atoms with van der Waals surface area (Å²) >= 11 is 3.48. The summed E-state index contributed by atoms with van der Waals surface area (Å²) < 4.78 is 8.26. The third-order valence-corrected chi connectivity index (χ3v) is 4.01. The van der Waals surface area contributed by atoms with Gasteiger partial charge in [0.1, 0.15) is 0 Å². The Kier molecular flexibility index (Phi) is 5.43. The summed E-state index contributed by atoms with van der Waals surface area (Å²) in [5.41, 5.74) is 3.49. The first kappa shape index (κ1) is 15.3. The quantitative estimate of drug-likeness (QED) is 0.833. The molecule has 0 amide bonds. The van der Waals surface area contributed by atoms with Gasteiger partial charge in [-0.3, -0.25) is 4.68 Å². The summed E-state index contributed by atoms with van der Waals surface area (Å²) in [7, 11) is 0. The molecule has 0 aliphatic carbocycles. The van der Waals surface area contributed by atoms with Crippen molar-refractivity contribution in [2.75, 3.05) is 6.54 Å². The molecule has 1 unspecified atom stereocenters. The second kappa shape index (κ2) is 7.09. The fourth-order valence-electron chi connectivity index (χ4n) is 2.41. The van der Waals surface area contributed by atoms with Crippen LogP contribution in [0.15, 0.2) is 27.5 Å². The van der Waals surface area contributed by atoms with E-state index in [1.807, 2.05) is 13.0 Å². The maximum Gasteiger partial charge on any atom is 0.173 e. The van der Waals surface area contributed by atoms with Crippen molar-refractivity contribution in [2.45, 2.75) is 46.2 Å². The molecule has 0 aliphatic rings. The van der Waals surface area contributed by atoms with Crippen molar-refractivity contribution < 1.29 is 4.42 Å². The van der Waals surface area contributed by atoms with E-state index in [-0.39, 0.29) is 6.04 Å². The van der Waals surface area contributed by atoms with Crippen molar-refractivity contribution in [3.05, 3.63) is 40.0 Å². The maximum absolute atomic E-state index is 5.38. The van der Waals surface area contributed by atoms with Gasteiger partial charge in [-0.05, 0) is 54.9 Å². The lowest BCUT2D eigenvalue weighted by molar-refractivity contribution is 0.483. The third-order valence-electron chi connectivity index (χ3n) is 3.36. The Labute approximate surface area is 128 Å². The Balaban J connectivity index is 2.21. The monoisotopic (exact) mass is 339 g/mol. The highest BCUT2D eigenvalue weighted by molar-refractivity contribution is 9.10. The lowest BCUT2D eigenvalue weighted by Gasteiger charge is -2.18. The van der Waals surface area contributed by atoms with E-state index in [2.05, 4.69) is 50.9 Å². The number of hydrogen-bond acceptors (Lipinski definition) is 3. The van der Waals surface area contributed by atoms with E-state index in [0.29, 0.717) is 0 Å². The Morgan fingerprint density at radius 3 is 2.85 bits per heavy atom. The SMILES string of the molecule is CCCNC(Cc1cc(C)nn1CC)c1ccoc1Br. The third kappa shape index (κ3) is 3.52. The minimum absolute atomic E-state index is 0.240. The molecule has 2 heterocycles. The topological polar surface area (TPSA) is 43.0 Å². The van der Waals surface area contributed by atoms with Gasteiger partial charge in [-0.25, -0.2) is 0 Å². The standard InChI is InChI=1S/C15H22BrN3O/c1-4-7-17-14(13-6-8-20-15(13)16)10-12-9-11(3)18-19(12)5-2/h6,8-9,14,17H,4-5,7,10H2,1-3H3. The molecule has 0 fully saturated rings. The number of furan rings is 1. The summed E-state index contributed by atoms with van der Waals surface area (Å²) in [4.78, 5) is 0. The fraction of sp³-hybridized carbons (Fsp3) is 0.533. The molecule has 1 atom stereocenters. The molecule has 0 bridgehead atoms. The van der Waals surface area contributed by atoms with Crippen molar-refractivity contribution in [1.29, 1.82) is 0 Å². The van der Waals surface area contributed by atoms with Gasteiger partial charge in [-0.15, -0.1) is 0 Å². The van der Waals surface area contributed by atoms with Crippen LogP contribution in [0.4, 0.5) is 0 Å². The van der Waals surface area contributed by atoms with Crippen LogP contribution in [0, 0.1) is 6.92 Å². The van der Waals surface area contributed by atoms with Gasteiger partial charge in [-0.2, -0.15) is 5.10 Å². The van der Waals surface area contributed by atoms with Crippen molar-refractivity contribution >= 4 is 15.9 Å². The Hall–Kier alpha value is -1.07. The molecular formula is C15H22BrN3O. The molecule has 5 heteroatoms. The number of rotatable bonds is 7. The van der Waals surface area contributed by atoms with Crippen molar-refractivity contribution in [3.8, 4) is 0 Å². The normalized spacial score (nSPS) is 12.8. The van der Waals surface area contributed by atoms with Gasteiger partial charge in [0, 0.05) is 30.3 Å². The summed E-state index contributed by atoms with van der Waals surface area (Å²) in [5.74, 6) is 0. The lowest BCUT2D eigenvalue weighted by atomic mass is 10.0. The van der Waals surface area contributed by atoms with Crippen molar-refractivity contribution in [3.63, 3.8) is 0 Å². The van der Waals surface area contributed by atoms with E-state index in [4.69, 9.17) is 4.42 Å². The van der Waals surface area contributed by atoms with Gasteiger partial charge in [-0.1, -0.05) is 6.92 Å². The van der Waals surface area contributed by atoms with Gasteiger partial charge < -0.3 is 9.73 Å². The van der Waals surface area contributed by atoms with Crippen molar-refractivity contribution in [2.24, 2.45) is 0 Å². The molecule has 2 aromatic rings. The van der Waals surface area contributed by atoms with Gasteiger partial charge in [0.2, 0.25) is 0 Å². The summed E-state index contributed by atoms with van der Waals surface area (Å²) in [6.07, 6.45) is 3.74. The van der Waals surface area contributed by atoms with Crippen LogP contribution in [0.1, 0.15) is 43.3 Å². The van der Waals surface area contributed by atoms with E-state index in [1.165, 1.54) is 11.3 Å². The Morgan fingerprint density at radius 2 is 2.25 bits per heavy atom. The highest BCUT2D eigenvalue weighted by atomic mass is 79.9. The number of halogens is 1. The molecule has 2 rings (SSSR count). The van der Waals surface area contributed by atoms with E-state index in [1.54, 1.807) is 6.26 Å². The second-order valence-electron chi connectivity index (χ2n) is 4.95. The number of nitrogens with one attached hydrogen (secondary N) is 1. The molecule has 20 heavy (non-hydrogen) atoms. The first-order valence-corrected chi connectivity index (χ1v) is 7.94. The maximum atomic E-state index is 5.38. The molecule has 0 aliphatic heterocycles. The van der Waals surface area contributed by atoms with E-state index in [0.717, 1.165) is 36.3 Å². The number of aromatic nitrogens is 2. The van der Waals surface area contributed by atoms with Crippen LogP contribution < -0.4 is 5.32 Å². The van der Waals surface area contributed by atoms with E-state index < -0.39 is 0 Å². The average Bonchev–Trinajstić information content (AvgIpc) is 3.00. The van der Waals surface area contributed by atoms with Gasteiger partial charge in [0.25, 0.3) is 0 Å². The number of aryl methyl sites for hydroxylation is 2. The smallest absolute Gasteiger partial charge is 0.173 e. The summed E-state index contributed by atoms with van der Waals surface area (Å²) in [6.45, 7) is 8.22. The lowest BCUT2D eigenvalue weighted by Crippen LogP contribution is -2.25. The van der Waals surface area contributed by atoms with Crippen LogP contribution in [-0.2, 0) is 13.0 Å². The molecule has 1 N–H and O–H groups in total. The van der Waals surface area contributed by atoms with Gasteiger partial charge >= 0.3 is 0 Å². The Morgan fingerprint density at radius 1 is 1.45 bits per heavy atom. The molecular weight excluding hydrogens is 318 g/mol. The van der Waals surface area contributed by atoms with Crippen LogP contribution in [-0.4, -0.2) is 16.3 Å². The first-order chi connectivity index (χ1) is 9.65. The summed E-state index contributed by atoms with van der Waals surface area (Å²) in [5, 5.41) is 8.11. The van der Waals surface area contributed by atoms with Crippen LogP contribution in [0.2, 0.25) is 0 Å². The highest BCUT2D eigenvalue weighted by Crippen LogP contribution is 2.27. The largest absolute Gasteiger partial charge is 0.457 e. The minimum atomic E-state index is 0.240. The first-order valence-electron chi connectivity index (χ1n) is 7.15. The van der Waals surface area contributed by atoms with Crippen molar-refractivity contribution in [1.82, 2.24) is 15.1 Å². The molecule has 2 aromatic heterocycles. The van der Waals surface area contributed by atoms with Gasteiger partial charge in [0.05, 0.1) is 12.0 Å². The molecule has 4 nitrogen and oxygen atoms in total. The molecule has 0 radical (unpaired) electrons. The van der Waals surface area contributed by atoms with Crippen LogP contribution in [0.25, 0.3) is 0 Å². The van der Waals surface area contributed by atoms with Crippen LogP contribution in [0.5, 0.6) is 0 Å². The average molecular weight is 340 g/mol. The zero-order valence-corrected chi connectivity index (χ0v) is 13.9. The molecule has 0 aromatic carbocycles. The number of hydrogen-bond donors (Lipinski definition) is 1. The minimum Gasteiger partial charge on any atom is -0.457 e. The number of nitrogens with zero attached hydrogens (tertiary/aromatic N) is 2. The van der Waals surface area contributed by atoms with Crippen LogP contribution in [0.3, 0.4) is 0 Å². The predicted molar refractivity (Wildman–Crippen MR) is 83.8 cm³/mol. The predicted octanol–water partition coefficient (Wildman–Crippen LogP) is 3.85.